The fraction of sp³-hybridized carbons (Fsp3) is 0.500. The third-order valence-corrected chi connectivity index (χ3v) is 7.50. The third-order valence-electron chi connectivity index (χ3n) is 7.50. The molecule has 2 aromatic heterocycles. The van der Waals surface area contributed by atoms with Crippen molar-refractivity contribution >= 4 is 16.8 Å². The highest BCUT2D eigenvalue weighted by Gasteiger charge is 2.26. The van der Waals surface area contributed by atoms with E-state index in [0.717, 1.165) is 75.5 Å². The lowest BCUT2D eigenvalue weighted by Crippen LogP contribution is -2.37. The van der Waals surface area contributed by atoms with Crippen molar-refractivity contribution in [2.45, 2.75) is 52.7 Å². The molecule has 0 atom stereocenters. The van der Waals surface area contributed by atoms with Gasteiger partial charge in [-0.1, -0.05) is 13.0 Å². The number of hydrogen-bond donors (Lipinski definition) is 0. The van der Waals surface area contributed by atoms with E-state index in [2.05, 4.69) is 40.7 Å². The van der Waals surface area contributed by atoms with E-state index in [1.807, 2.05) is 24.0 Å². The number of rotatable bonds is 6. The maximum atomic E-state index is 13.3. The van der Waals surface area contributed by atoms with Gasteiger partial charge in [0.25, 0.3) is 5.91 Å². The van der Waals surface area contributed by atoms with Gasteiger partial charge < -0.3 is 14.2 Å². The summed E-state index contributed by atoms with van der Waals surface area (Å²) in [6.45, 7) is 10.3. The van der Waals surface area contributed by atoms with E-state index in [4.69, 9.17) is 9.72 Å². The van der Waals surface area contributed by atoms with E-state index >= 15 is 0 Å². The highest BCUT2D eigenvalue weighted by Crippen LogP contribution is 2.33. The second-order valence-corrected chi connectivity index (χ2v) is 10.0. The second-order valence-electron chi connectivity index (χ2n) is 10.0. The average molecular weight is 461 g/mol. The molecule has 0 aliphatic carbocycles. The number of benzene rings is 1. The smallest absolute Gasteiger partial charge is 0.253 e. The maximum absolute atomic E-state index is 13.3. The average Bonchev–Trinajstić information content (AvgIpc) is 3.15. The van der Waals surface area contributed by atoms with Gasteiger partial charge in [-0.3, -0.25) is 14.7 Å². The van der Waals surface area contributed by atoms with Crippen molar-refractivity contribution < 1.29 is 9.53 Å². The van der Waals surface area contributed by atoms with Crippen LogP contribution in [0.1, 0.15) is 52.8 Å². The lowest BCUT2D eigenvalue weighted by molar-refractivity contribution is 0.0697. The van der Waals surface area contributed by atoms with E-state index < -0.39 is 0 Å². The molecule has 0 saturated carbocycles. The summed E-state index contributed by atoms with van der Waals surface area (Å²) in [5.74, 6) is 0.881. The normalized spacial score (nSPS) is 17.3. The molecule has 1 fully saturated rings. The summed E-state index contributed by atoms with van der Waals surface area (Å²) >= 11 is 0. The summed E-state index contributed by atoms with van der Waals surface area (Å²) in [4.78, 5) is 22.5. The first-order valence-electron chi connectivity index (χ1n) is 12.6. The van der Waals surface area contributed by atoms with E-state index in [1.165, 1.54) is 22.2 Å². The monoisotopic (exact) mass is 460 g/mol. The van der Waals surface area contributed by atoms with Crippen LogP contribution in [0.2, 0.25) is 0 Å². The minimum atomic E-state index is 0.170. The predicted octanol–water partition coefficient (Wildman–Crippen LogP) is 4.42. The number of ether oxygens (including phenoxy) is 1. The molecule has 0 radical (unpaired) electrons. The van der Waals surface area contributed by atoms with Crippen molar-refractivity contribution in [3.8, 4) is 0 Å². The zero-order chi connectivity index (χ0) is 23.7. The van der Waals surface area contributed by atoms with Crippen LogP contribution in [0.3, 0.4) is 0 Å². The Hall–Kier alpha value is -2.70. The lowest BCUT2D eigenvalue weighted by Gasteiger charge is -2.30. The van der Waals surface area contributed by atoms with Gasteiger partial charge in [-0.05, 0) is 61.6 Å². The molecule has 5 rings (SSSR count). The summed E-state index contributed by atoms with van der Waals surface area (Å²) in [5.41, 5.74) is 6.93. The molecule has 180 valence electrons. The van der Waals surface area contributed by atoms with Gasteiger partial charge in [-0.15, -0.1) is 0 Å². The summed E-state index contributed by atoms with van der Waals surface area (Å²) in [6.07, 6.45) is 3.18. The Morgan fingerprint density at radius 2 is 1.97 bits per heavy atom. The van der Waals surface area contributed by atoms with Crippen LogP contribution in [0.15, 0.2) is 36.4 Å². The number of piperidine rings is 1. The molecule has 2 aliphatic rings. The van der Waals surface area contributed by atoms with Crippen molar-refractivity contribution in [1.29, 1.82) is 0 Å². The molecule has 3 aromatic rings. The first-order valence-corrected chi connectivity index (χ1v) is 12.6. The van der Waals surface area contributed by atoms with Crippen LogP contribution in [-0.4, -0.2) is 58.6 Å². The number of carbonyl (C=O) groups is 1. The van der Waals surface area contributed by atoms with Crippen molar-refractivity contribution in [3.63, 3.8) is 0 Å². The number of methoxy groups -OCH3 is 1. The Morgan fingerprint density at radius 3 is 2.74 bits per heavy atom. The minimum Gasteiger partial charge on any atom is -0.383 e. The molecule has 34 heavy (non-hydrogen) atoms. The largest absolute Gasteiger partial charge is 0.383 e. The summed E-state index contributed by atoms with van der Waals surface area (Å²) in [6, 6.07) is 12.6. The Morgan fingerprint density at radius 1 is 1.15 bits per heavy atom. The molecule has 0 unspecified atom stereocenters. The number of amides is 1. The van der Waals surface area contributed by atoms with Gasteiger partial charge >= 0.3 is 0 Å². The van der Waals surface area contributed by atoms with Crippen molar-refractivity contribution in [3.05, 3.63) is 64.6 Å². The highest BCUT2D eigenvalue weighted by molar-refractivity contribution is 5.99. The maximum Gasteiger partial charge on any atom is 0.253 e. The molecular formula is C28H36N4O2. The topological polar surface area (TPSA) is 50.6 Å². The summed E-state index contributed by atoms with van der Waals surface area (Å²) in [7, 11) is 1.75. The summed E-state index contributed by atoms with van der Waals surface area (Å²) < 4.78 is 7.83. The molecule has 4 heterocycles. The van der Waals surface area contributed by atoms with Gasteiger partial charge in [-0.2, -0.15) is 0 Å². The van der Waals surface area contributed by atoms with Gasteiger partial charge in [0.2, 0.25) is 0 Å². The van der Waals surface area contributed by atoms with Gasteiger partial charge in [0, 0.05) is 80.7 Å². The third kappa shape index (κ3) is 4.62. The van der Waals surface area contributed by atoms with Crippen LogP contribution < -0.4 is 0 Å². The Kier molecular flexibility index (Phi) is 6.70. The van der Waals surface area contributed by atoms with Crippen LogP contribution in [0.25, 0.3) is 10.9 Å². The molecule has 1 amide bonds. The number of aryl methyl sites for hydroxylation is 1. The number of hydrogen-bond acceptors (Lipinski definition) is 4. The van der Waals surface area contributed by atoms with Gasteiger partial charge in [0.1, 0.15) is 0 Å². The van der Waals surface area contributed by atoms with Crippen LogP contribution >= 0.6 is 0 Å². The van der Waals surface area contributed by atoms with E-state index in [-0.39, 0.29) is 5.91 Å². The van der Waals surface area contributed by atoms with Crippen LogP contribution in [-0.2, 0) is 30.8 Å². The predicted molar refractivity (Wildman–Crippen MR) is 135 cm³/mol. The van der Waals surface area contributed by atoms with Gasteiger partial charge in [-0.25, -0.2) is 0 Å². The molecular weight excluding hydrogens is 424 g/mol. The Balaban J connectivity index is 1.46. The Labute approximate surface area is 202 Å². The van der Waals surface area contributed by atoms with Crippen LogP contribution in [0.4, 0.5) is 0 Å². The molecule has 0 bridgehead atoms. The molecule has 0 N–H and O–H groups in total. The fourth-order valence-electron chi connectivity index (χ4n) is 5.52. The Bertz CT molecular complexity index is 1180. The van der Waals surface area contributed by atoms with Crippen molar-refractivity contribution in [1.82, 2.24) is 19.4 Å². The molecule has 2 aliphatic heterocycles. The fourth-order valence-corrected chi connectivity index (χ4v) is 5.52. The standard InChI is InChI=1S/C28H36N4O2/c1-20-9-13-31(14-10-20)28(33)22-7-8-26-24(17-22)25-19-30(18-23-6-4-5-21(2)29-23)12-11-27(25)32(26)15-16-34-3/h4-8,17,20H,9-16,18-19H2,1-3H3. The van der Waals surface area contributed by atoms with Gasteiger partial charge in [0.15, 0.2) is 0 Å². The molecule has 1 aromatic carbocycles. The quantitative estimate of drug-likeness (QED) is 0.546. The number of likely N-dealkylation sites (tertiary alicyclic amines) is 1. The minimum absolute atomic E-state index is 0.170. The molecule has 1 saturated heterocycles. The second kappa shape index (κ2) is 9.88. The summed E-state index contributed by atoms with van der Waals surface area (Å²) in [5, 5.41) is 1.21. The van der Waals surface area contributed by atoms with Gasteiger partial charge in [0.05, 0.1) is 12.3 Å². The van der Waals surface area contributed by atoms with Crippen molar-refractivity contribution in [2.24, 2.45) is 5.92 Å². The number of pyridine rings is 1. The molecule has 6 heteroatoms. The number of aromatic nitrogens is 2. The van der Waals surface area contributed by atoms with E-state index in [0.29, 0.717) is 12.5 Å². The number of nitrogens with zero attached hydrogens (tertiary/aromatic N) is 4. The number of carbonyl (C=O) groups excluding carboxylic acids is 1. The molecule has 0 spiro atoms. The van der Waals surface area contributed by atoms with Crippen molar-refractivity contribution in [2.75, 3.05) is 33.4 Å². The van der Waals surface area contributed by atoms with E-state index in [1.54, 1.807) is 7.11 Å². The first-order chi connectivity index (χ1) is 16.5. The van der Waals surface area contributed by atoms with Crippen LogP contribution in [0, 0.1) is 12.8 Å². The number of fused-ring (bicyclic) bond motifs is 3. The molecule has 6 nitrogen and oxygen atoms in total. The zero-order valence-electron chi connectivity index (χ0n) is 20.7. The SMILES string of the molecule is COCCn1c2c(c3cc(C(=O)N4CCC(C)CC4)ccc31)CN(Cc1cccc(C)n1)CC2. The first kappa shape index (κ1) is 23.1. The lowest BCUT2D eigenvalue weighted by atomic mass is 9.98. The van der Waals surface area contributed by atoms with E-state index in [9.17, 15) is 4.79 Å². The highest BCUT2D eigenvalue weighted by atomic mass is 16.5. The zero-order valence-corrected chi connectivity index (χ0v) is 20.7. The van der Waals surface area contributed by atoms with Crippen LogP contribution in [0.5, 0.6) is 0 Å².